The van der Waals surface area contributed by atoms with Crippen molar-refractivity contribution in [3.05, 3.63) is 29.8 Å². The molecule has 0 bridgehead atoms. The van der Waals surface area contributed by atoms with Gasteiger partial charge in [-0.2, -0.15) is 13.2 Å². The maximum Gasteiger partial charge on any atom is 0.413 e. The van der Waals surface area contributed by atoms with Crippen LogP contribution in [0.4, 0.5) is 13.2 Å². The summed E-state index contributed by atoms with van der Waals surface area (Å²) in [6, 6.07) is 5.40. The number of carbonyl (C=O) groups is 1. The second-order valence-electron chi connectivity index (χ2n) is 3.99. The van der Waals surface area contributed by atoms with Crippen molar-refractivity contribution in [3.63, 3.8) is 0 Å². The molecule has 0 heterocycles. The van der Waals surface area contributed by atoms with Crippen LogP contribution in [-0.4, -0.2) is 24.1 Å². The van der Waals surface area contributed by atoms with E-state index in [4.69, 9.17) is 10.5 Å². The van der Waals surface area contributed by atoms with E-state index >= 15 is 0 Å². The second-order valence-corrected chi connectivity index (χ2v) is 3.99. The molecule has 1 unspecified atom stereocenters. The summed E-state index contributed by atoms with van der Waals surface area (Å²) in [4.78, 5) is 11.7. The minimum Gasteiger partial charge on any atom is -0.494 e. The number of benzene rings is 1. The van der Waals surface area contributed by atoms with Crippen molar-refractivity contribution < 1.29 is 22.7 Å². The first-order valence-corrected chi connectivity index (χ1v) is 5.33. The molecule has 0 aliphatic heterocycles. The van der Waals surface area contributed by atoms with Gasteiger partial charge in [-0.15, -0.1) is 0 Å². The topological polar surface area (TPSA) is 52.3 Å². The minimum atomic E-state index is -4.79. The molecular weight excluding hydrogens is 247 g/mol. The van der Waals surface area contributed by atoms with E-state index in [0.29, 0.717) is 19.3 Å². The van der Waals surface area contributed by atoms with E-state index in [1.54, 1.807) is 6.92 Å². The van der Waals surface area contributed by atoms with E-state index in [1.165, 1.54) is 24.3 Å². The van der Waals surface area contributed by atoms with E-state index in [2.05, 4.69) is 0 Å². The predicted molar refractivity (Wildman–Crippen MR) is 60.6 cm³/mol. The van der Waals surface area contributed by atoms with Gasteiger partial charge in [-0.1, -0.05) is 0 Å². The molecule has 0 saturated carbocycles. The van der Waals surface area contributed by atoms with Gasteiger partial charge in [0, 0.05) is 5.56 Å². The van der Waals surface area contributed by atoms with Gasteiger partial charge in [0.1, 0.15) is 5.75 Å². The van der Waals surface area contributed by atoms with Gasteiger partial charge in [0.25, 0.3) is 0 Å². The number of ether oxygens (including phenoxy) is 1. The molecule has 1 aromatic rings. The smallest absolute Gasteiger partial charge is 0.413 e. The van der Waals surface area contributed by atoms with E-state index < -0.39 is 17.5 Å². The fourth-order valence-corrected chi connectivity index (χ4v) is 1.30. The second kappa shape index (κ2) is 4.97. The van der Waals surface area contributed by atoms with Gasteiger partial charge in [0.2, 0.25) is 0 Å². The van der Waals surface area contributed by atoms with Crippen LogP contribution in [0.3, 0.4) is 0 Å². The molecule has 1 rings (SSSR count). The maximum atomic E-state index is 12.6. The van der Waals surface area contributed by atoms with E-state index in [1.807, 2.05) is 0 Å². The van der Waals surface area contributed by atoms with Crippen LogP contribution in [0.15, 0.2) is 24.3 Å². The molecule has 0 aromatic heterocycles. The Labute approximate surface area is 103 Å². The average molecular weight is 261 g/mol. The molecule has 0 spiro atoms. The normalized spacial score (nSPS) is 15.0. The largest absolute Gasteiger partial charge is 0.494 e. The van der Waals surface area contributed by atoms with Crippen LogP contribution in [0, 0.1) is 0 Å². The molecule has 1 atom stereocenters. The summed E-state index contributed by atoms with van der Waals surface area (Å²) in [7, 11) is 0. The first kappa shape index (κ1) is 14.5. The van der Waals surface area contributed by atoms with Crippen LogP contribution in [-0.2, 0) is 0 Å². The number of rotatable bonds is 4. The lowest BCUT2D eigenvalue weighted by molar-refractivity contribution is -0.165. The zero-order chi connectivity index (χ0) is 14.0. The van der Waals surface area contributed by atoms with Crippen LogP contribution >= 0.6 is 0 Å². The summed E-state index contributed by atoms with van der Waals surface area (Å²) in [6.45, 7) is 2.87. The van der Waals surface area contributed by atoms with Crippen molar-refractivity contribution in [2.75, 3.05) is 6.61 Å². The summed E-state index contributed by atoms with van der Waals surface area (Å²) in [5, 5.41) is 0. The molecule has 3 nitrogen and oxygen atoms in total. The highest BCUT2D eigenvalue weighted by Crippen LogP contribution is 2.31. The molecule has 0 fully saturated rings. The predicted octanol–water partition coefficient (Wildman–Crippen LogP) is 2.55. The van der Waals surface area contributed by atoms with Crippen molar-refractivity contribution >= 4 is 5.78 Å². The molecule has 2 N–H and O–H groups in total. The molecular formula is C12H14F3NO2. The van der Waals surface area contributed by atoms with Crippen molar-refractivity contribution in [2.45, 2.75) is 25.6 Å². The Bertz CT molecular complexity index is 424. The summed E-state index contributed by atoms with van der Waals surface area (Å²) < 4.78 is 42.9. The van der Waals surface area contributed by atoms with Gasteiger partial charge >= 0.3 is 6.18 Å². The Hall–Kier alpha value is -1.56. The summed E-state index contributed by atoms with van der Waals surface area (Å²) in [5.74, 6) is -0.683. The number of hydrogen-bond acceptors (Lipinski definition) is 3. The zero-order valence-electron chi connectivity index (χ0n) is 10.0. The number of Topliss-reactive ketones (excluding diaryl/α,β-unsaturated/α-hetero) is 1. The van der Waals surface area contributed by atoms with Crippen molar-refractivity contribution in [2.24, 2.45) is 5.73 Å². The quantitative estimate of drug-likeness (QED) is 0.847. The molecule has 0 radical (unpaired) electrons. The summed E-state index contributed by atoms with van der Waals surface area (Å²) in [6.07, 6.45) is -4.79. The zero-order valence-corrected chi connectivity index (χ0v) is 10.0. The number of halogens is 3. The highest BCUT2D eigenvalue weighted by molar-refractivity contribution is 6.03. The molecule has 0 saturated heterocycles. The Morgan fingerprint density at radius 2 is 1.78 bits per heavy atom. The molecule has 0 aliphatic rings. The third-order valence-corrected chi connectivity index (χ3v) is 2.49. The molecule has 0 aliphatic carbocycles. The monoisotopic (exact) mass is 261 g/mol. The number of hydrogen-bond donors (Lipinski definition) is 1. The van der Waals surface area contributed by atoms with Crippen LogP contribution in [0.25, 0.3) is 0 Å². The molecule has 6 heteroatoms. The maximum absolute atomic E-state index is 12.6. The van der Waals surface area contributed by atoms with E-state index in [0.717, 1.165) is 0 Å². The highest BCUT2D eigenvalue weighted by atomic mass is 19.4. The van der Waals surface area contributed by atoms with Gasteiger partial charge in [-0.25, -0.2) is 0 Å². The SMILES string of the molecule is CCOc1ccc(C(=O)C(C)(N)C(F)(F)F)cc1. The van der Waals surface area contributed by atoms with Gasteiger partial charge in [0.05, 0.1) is 6.61 Å². The first-order valence-electron chi connectivity index (χ1n) is 5.33. The fourth-order valence-electron chi connectivity index (χ4n) is 1.30. The van der Waals surface area contributed by atoms with Crippen LogP contribution in [0.1, 0.15) is 24.2 Å². The standard InChI is InChI=1S/C12H14F3NO2/c1-3-18-9-6-4-8(5-7-9)10(17)11(2,16)12(13,14)15/h4-7H,3,16H2,1-2H3. The lowest BCUT2D eigenvalue weighted by Crippen LogP contribution is -2.57. The lowest BCUT2D eigenvalue weighted by atomic mass is 9.91. The number of carbonyl (C=O) groups excluding carboxylic acids is 1. The van der Waals surface area contributed by atoms with E-state index in [-0.39, 0.29) is 5.56 Å². The Balaban J connectivity index is 2.98. The van der Waals surface area contributed by atoms with Gasteiger partial charge in [-0.05, 0) is 38.1 Å². The number of alkyl halides is 3. The molecule has 0 amide bonds. The van der Waals surface area contributed by atoms with Crippen molar-refractivity contribution in [3.8, 4) is 5.75 Å². The first-order chi connectivity index (χ1) is 8.20. The third-order valence-electron chi connectivity index (χ3n) is 2.49. The summed E-state index contributed by atoms with van der Waals surface area (Å²) >= 11 is 0. The molecule has 18 heavy (non-hydrogen) atoms. The Kier molecular flexibility index (Phi) is 4.01. The average Bonchev–Trinajstić information content (AvgIpc) is 2.28. The molecule has 100 valence electrons. The Morgan fingerprint density at radius 3 is 2.17 bits per heavy atom. The minimum absolute atomic E-state index is 0.0965. The van der Waals surface area contributed by atoms with Crippen molar-refractivity contribution in [1.29, 1.82) is 0 Å². The van der Waals surface area contributed by atoms with Crippen molar-refractivity contribution in [1.82, 2.24) is 0 Å². The summed E-state index contributed by atoms with van der Waals surface area (Å²) in [5.41, 5.74) is 2.08. The number of ketones is 1. The van der Waals surface area contributed by atoms with Gasteiger partial charge < -0.3 is 10.5 Å². The van der Waals surface area contributed by atoms with Crippen LogP contribution < -0.4 is 10.5 Å². The third kappa shape index (κ3) is 2.81. The fraction of sp³-hybridized carbons (Fsp3) is 0.417. The van der Waals surface area contributed by atoms with Gasteiger partial charge in [0.15, 0.2) is 11.3 Å². The van der Waals surface area contributed by atoms with Crippen LogP contribution in [0.2, 0.25) is 0 Å². The lowest BCUT2D eigenvalue weighted by Gasteiger charge is -2.25. The molecule has 1 aromatic carbocycles. The Morgan fingerprint density at radius 1 is 1.28 bits per heavy atom. The highest BCUT2D eigenvalue weighted by Gasteiger charge is 2.53. The van der Waals surface area contributed by atoms with E-state index in [9.17, 15) is 18.0 Å². The number of nitrogens with two attached hydrogens (primary N) is 1. The van der Waals surface area contributed by atoms with Gasteiger partial charge in [-0.3, -0.25) is 4.79 Å². The van der Waals surface area contributed by atoms with Crippen LogP contribution in [0.5, 0.6) is 5.75 Å².